The predicted octanol–water partition coefficient (Wildman–Crippen LogP) is 2.95. The van der Waals surface area contributed by atoms with Crippen molar-refractivity contribution in [1.82, 2.24) is 0 Å². The molecule has 1 saturated heterocycles. The highest BCUT2D eigenvalue weighted by atomic mass is 35.5. The van der Waals surface area contributed by atoms with Gasteiger partial charge in [0.05, 0.1) is 18.0 Å². The summed E-state index contributed by atoms with van der Waals surface area (Å²) in [5.41, 5.74) is 1.55. The summed E-state index contributed by atoms with van der Waals surface area (Å²) in [6.07, 6.45) is 0. The lowest BCUT2D eigenvalue weighted by Crippen LogP contribution is -2.39. The normalized spacial score (nSPS) is 20.7. The zero-order valence-electron chi connectivity index (χ0n) is 15.8. The van der Waals surface area contributed by atoms with Gasteiger partial charge in [0.15, 0.2) is 5.71 Å². The first-order chi connectivity index (χ1) is 14.0. The Morgan fingerprint density at radius 2 is 1.83 bits per heavy atom. The highest BCUT2D eigenvalue weighted by molar-refractivity contribution is 6.47. The summed E-state index contributed by atoms with van der Waals surface area (Å²) in [6, 6.07) is 13.0. The van der Waals surface area contributed by atoms with E-state index in [-0.39, 0.29) is 12.3 Å². The van der Waals surface area contributed by atoms with Crippen LogP contribution in [0.2, 0.25) is 5.02 Å². The number of halogens is 1. The smallest absolute Gasteiger partial charge is 0.355 e. The summed E-state index contributed by atoms with van der Waals surface area (Å²) in [4.78, 5) is 40.3. The molecule has 2 aliphatic rings. The van der Waals surface area contributed by atoms with E-state index in [0.29, 0.717) is 22.0 Å². The number of benzene rings is 2. The van der Waals surface area contributed by atoms with Gasteiger partial charge in [-0.25, -0.2) is 9.69 Å². The number of fused-ring (bicyclic) bond motifs is 1. The quantitative estimate of drug-likeness (QED) is 0.571. The van der Waals surface area contributed by atoms with Gasteiger partial charge in [0.1, 0.15) is 12.0 Å². The molecule has 8 heteroatoms. The second-order valence-corrected chi connectivity index (χ2v) is 7.11. The van der Waals surface area contributed by atoms with E-state index in [9.17, 15) is 14.4 Å². The zero-order valence-corrected chi connectivity index (χ0v) is 16.6. The van der Waals surface area contributed by atoms with Crippen molar-refractivity contribution >= 4 is 46.5 Å². The van der Waals surface area contributed by atoms with E-state index in [1.807, 2.05) is 6.07 Å². The van der Waals surface area contributed by atoms with Gasteiger partial charge in [-0.15, -0.1) is 0 Å². The van der Waals surface area contributed by atoms with Gasteiger partial charge in [-0.05, 0) is 43.7 Å². The van der Waals surface area contributed by atoms with E-state index in [2.05, 4.69) is 5.10 Å². The molecule has 0 bridgehead atoms. The van der Waals surface area contributed by atoms with Gasteiger partial charge >= 0.3 is 5.97 Å². The Balaban J connectivity index is 1.82. The number of amides is 2. The van der Waals surface area contributed by atoms with Crippen LogP contribution in [0, 0.1) is 12.8 Å². The molecule has 7 nitrogen and oxygen atoms in total. The Labute approximate surface area is 172 Å². The molecule has 0 N–H and O–H groups in total. The van der Waals surface area contributed by atoms with E-state index in [1.54, 1.807) is 56.3 Å². The number of hydrazone groups is 1. The predicted molar refractivity (Wildman–Crippen MR) is 109 cm³/mol. The molecule has 2 aromatic rings. The third kappa shape index (κ3) is 2.98. The number of ether oxygens (including phenoxy) is 1. The maximum Gasteiger partial charge on any atom is 0.355 e. The topological polar surface area (TPSA) is 79.3 Å². The molecule has 2 aromatic carbocycles. The molecular weight excluding hydrogens is 394 g/mol. The van der Waals surface area contributed by atoms with Crippen molar-refractivity contribution in [3.05, 3.63) is 59.1 Å². The van der Waals surface area contributed by atoms with E-state index < -0.39 is 29.7 Å². The first-order valence-electron chi connectivity index (χ1n) is 9.18. The van der Waals surface area contributed by atoms with Crippen molar-refractivity contribution in [3.8, 4) is 0 Å². The van der Waals surface area contributed by atoms with Crippen molar-refractivity contribution in [2.24, 2.45) is 11.0 Å². The summed E-state index contributed by atoms with van der Waals surface area (Å²) >= 11 is 6.20. The summed E-state index contributed by atoms with van der Waals surface area (Å²) in [5.74, 6) is -2.72. The Hall–Kier alpha value is -3.19. The minimum absolute atomic E-state index is 0.0683. The number of nitrogens with zero attached hydrogens (tertiary/aromatic N) is 3. The molecular formula is C21H18ClN3O4. The molecule has 2 atom stereocenters. The van der Waals surface area contributed by atoms with Crippen LogP contribution in [0.1, 0.15) is 12.5 Å². The average molecular weight is 412 g/mol. The number of rotatable bonds is 4. The molecule has 0 saturated carbocycles. The highest BCUT2D eigenvalue weighted by Gasteiger charge is 2.59. The molecule has 1 fully saturated rings. The number of esters is 1. The maximum atomic E-state index is 13.4. The minimum Gasteiger partial charge on any atom is -0.461 e. The van der Waals surface area contributed by atoms with Crippen LogP contribution in [-0.4, -0.2) is 36.1 Å². The van der Waals surface area contributed by atoms with Gasteiger partial charge in [-0.2, -0.15) is 5.10 Å². The van der Waals surface area contributed by atoms with Crippen LogP contribution in [0.25, 0.3) is 0 Å². The summed E-state index contributed by atoms with van der Waals surface area (Å²) in [6.45, 7) is 3.55. The lowest BCUT2D eigenvalue weighted by molar-refractivity contribution is -0.136. The molecule has 2 aliphatic heterocycles. The van der Waals surface area contributed by atoms with Crippen LogP contribution in [0.15, 0.2) is 53.6 Å². The number of hydrogen-bond acceptors (Lipinski definition) is 6. The average Bonchev–Trinajstić information content (AvgIpc) is 3.23. The maximum absolute atomic E-state index is 13.4. The molecule has 0 radical (unpaired) electrons. The van der Waals surface area contributed by atoms with Gasteiger partial charge in [-0.3, -0.25) is 14.6 Å². The van der Waals surface area contributed by atoms with Crippen LogP contribution in [0.5, 0.6) is 0 Å². The monoisotopic (exact) mass is 411 g/mol. The third-order valence-corrected chi connectivity index (χ3v) is 5.44. The first kappa shape index (κ1) is 19.1. The van der Waals surface area contributed by atoms with E-state index in [0.717, 1.165) is 4.90 Å². The molecule has 148 valence electrons. The van der Waals surface area contributed by atoms with Crippen LogP contribution in [0.4, 0.5) is 11.4 Å². The number of carbonyl (C=O) groups is 3. The molecule has 0 aliphatic carbocycles. The Bertz CT molecular complexity index is 1040. The molecule has 0 unspecified atom stereocenters. The zero-order chi connectivity index (χ0) is 20.7. The minimum atomic E-state index is -1.04. The number of imide groups is 1. The third-order valence-electron chi connectivity index (χ3n) is 5.03. The molecule has 4 rings (SSSR count). The molecule has 0 aromatic heterocycles. The standard InChI is InChI=1S/C21H18ClN3O4/c1-3-29-21(28)17-16-18(25(23-17)13-8-5-4-6-9-13)20(27)24(19(16)26)15-11-7-10-14(22)12(15)2/h4-11,16,18H,3H2,1-2H3/t16-,18+/m1/s1. The summed E-state index contributed by atoms with van der Waals surface area (Å²) in [5, 5.41) is 6.18. The lowest BCUT2D eigenvalue weighted by atomic mass is 9.98. The SMILES string of the molecule is CCOC(=O)C1=NN(c2ccccc2)[C@@H]2C(=O)N(c3cccc(Cl)c3C)C(=O)[C@H]12. The lowest BCUT2D eigenvalue weighted by Gasteiger charge is -2.23. The van der Waals surface area contributed by atoms with E-state index in [4.69, 9.17) is 16.3 Å². The number of hydrogen-bond donors (Lipinski definition) is 0. The Morgan fingerprint density at radius 1 is 1.10 bits per heavy atom. The van der Waals surface area contributed by atoms with Gasteiger partial charge in [0, 0.05) is 5.02 Å². The number of para-hydroxylation sites is 1. The fraction of sp³-hybridized carbons (Fsp3) is 0.238. The van der Waals surface area contributed by atoms with Crippen molar-refractivity contribution in [1.29, 1.82) is 0 Å². The van der Waals surface area contributed by atoms with Gasteiger partial charge < -0.3 is 4.74 Å². The largest absolute Gasteiger partial charge is 0.461 e. The van der Waals surface area contributed by atoms with Crippen LogP contribution < -0.4 is 9.91 Å². The molecule has 29 heavy (non-hydrogen) atoms. The second kappa shape index (κ2) is 7.33. The molecule has 0 spiro atoms. The van der Waals surface area contributed by atoms with Crippen LogP contribution in [0.3, 0.4) is 0 Å². The van der Waals surface area contributed by atoms with Gasteiger partial charge in [-0.1, -0.05) is 35.9 Å². The Kier molecular flexibility index (Phi) is 4.84. The van der Waals surface area contributed by atoms with E-state index >= 15 is 0 Å². The fourth-order valence-electron chi connectivity index (χ4n) is 3.66. The molecule has 2 amide bonds. The van der Waals surface area contributed by atoms with Gasteiger partial charge in [0.25, 0.3) is 5.91 Å². The summed E-state index contributed by atoms with van der Waals surface area (Å²) < 4.78 is 5.09. The highest BCUT2D eigenvalue weighted by Crippen LogP contribution is 2.39. The Morgan fingerprint density at radius 3 is 2.52 bits per heavy atom. The summed E-state index contributed by atoms with van der Waals surface area (Å²) in [7, 11) is 0. The van der Waals surface area contributed by atoms with E-state index in [1.165, 1.54) is 5.01 Å². The van der Waals surface area contributed by atoms with Crippen molar-refractivity contribution in [3.63, 3.8) is 0 Å². The van der Waals surface area contributed by atoms with Crippen molar-refractivity contribution < 1.29 is 19.1 Å². The van der Waals surface area contributed by atoms with Crippen LogP contribution in [-0.2, 0) is 19.1 Å². The van der Waals surface area contributed by atoms with Crippen LogP contribution >= 0.6 is 11.6 Å². The molecule has 2 heterocycles. The fourth-order valence-corrected chi connectivity index (χ4v) is 3.83. The van der Waals surface area contributed by atoms with Crippen molar-refractivity contribution in [2.75, 3.05) is 16.5 Å². The van der Waals surface area contributed by atoms with Crippen molar-refractivity contribution in [2.45, 2.75) is 19.9 Å². The second-order valence-electron chi connectivity index (χ2n) is 6.70. The first-order valence-corrected chi connectivity index (χ1v) is 9.56. The van der Waals surface area contributed by atoms with Gasteiger partial charge in [0.2, 0.25) is 5.91 Å². The number of carbonyl (C=O) groups excluding carboxylic acids is 3. The number of anilines is 2.